The second-order valence-corrected chi connectivity index (χ2v) is 30.8. The average Bonchev–Trinajstić information content (AvgIpc) is 1.44. The standard InChI is InChI=1S/C65H104O33/c1-24-16-64(97-53(24)84)17-25(2)65(98-64)15-14-62(6)28-8-9-34-60(4,27(28)10-13-63(62,65)7)12-11-35(61(34,5)23-69)92-55-47(82)44(79)40(75)33(91-55)22-86-57-50(37(72)29(70)21-85-57)95-59-52(96-54-46(81)42(77)36(71)26(3)87-54)49(41(76)32(20-68)90-59)93-58-51(45(80)39(74)31(19-67)89-58)94-56-48(83)43(78)38(73)30(18-66)88-56/h24-26,29-52,54-59,66-83H,8-23H2,1-7H3. The van der Waals surface area contributed by atoms with Gasteiger partial charge in [0.2, 0.25) is 5.79 Å². The van der Waals surface area contributed by atoms with Crippen molar-refractivity contribution in [3.05, 3.63) is 11.1 Å². The van der Waals surface area contributed by atoms with E-state index >= 15 is 0 Å². The molecule has 8 saturated heterocycles. The molecular formula is C65H104O33. The third-order valence-electron chi connectivity index (χ3n) is 25.3. The van der Waals surface area contributed by atoms with Crippen molar-refractivity contribution < 1.29 is 163 Å². The molecular weight excluding hydrogens is 1310 g/mol. The average molecular weight is 1410 g/mol. The topological polar surface area (TPSA) is 510 Å². The number of rotatable bonds is 17. The summed E-state index contributed by atoms with van der Waals surface area (Å²) in [6.07, 6.45) is -49.0. The highest BCUT2D eigenvalue weighted by atomic mass is 16.8. The zero-order chi connectivity index (χ0) is 71.0. The molecule has 0 amide bonds. The van der Waals surface area contributed by atoms with Crippen LogP contribution in [-0.4, -0.2) is 333 Å². The Labute approximate surface area is 565 Å². The Balaban J connectivity index is 0.771. The molecule has 8 heterocycles. The molecule has 12 rings (SSSR count). The summed E-state index contributed by atoms with van der Waals surface area (Å²) in [5, 5.41) is 200. The molecule has 10 fully saturated rings. The van der Waals surface area contributed by atoms with Gasteiger partial charge in [-0.3, -0.25) is 4.79 Å². The molecule has 12 aliphatic rings. The van der Waals surface area contributed by atoms with Gasteiger partial charge in [0.15, 0.2) is 37.7 Å². The van der Waals surface area contributed by atoms with Gasteiger partial charge in [-0.15, -0.1) is 0 Å². The van der Waals surface area contributed by atoms with E-state index in [0.29, 0.717) is 32.1 Å². The van der Waals surface area contributed by atoms with Crippen molar-refractivity contribution in [1.82, 2.24) is 0 Å². The summed E-state index contributed by atoms with van der Waals surface area (Å²) in [6.45, 7) is 9.77. The molecule has 39 unspecified atom stereocenters. The molecule has 0 aromatic rings. The molecule has 562 valence electrons. The van der Waals surface area contributed by atoms with E-state index in [9.17, 15) is 96.7 Å². The Kier molecular flexibility index (Phi) is 21.9. The van der Waals surface area contributed by atoms with E-state index < -0.39 is 234 Å². The molecule has 0 radical (unpaired) electrons. The van der Waals surface area contributed by atoms with Crippen LogP contribution in [0, 0.1) is 39.4 Å². The molecule has 98 heavy (non-hydrogen) atoms. The predicted molar refractivity (Wildman–Crippen MR) is 322 cm³/mol. The van der Waals surface area contributed by atoms with Crippen molar-refractivity contribution in [2.45, 2.75) is 308 Å². The summed E-state index contributed by atoms with van der Waals surface area (Å²) in [6, 6.07) is 0. The van der Waals surface area contributed by atoms with Gasteiger partial charge >= 0.3 is 5.97 Å². The van der Waals surface area contributed by atoms with Crippen molar-refractivity contribution in [3.8, 4) is 0 Å². The largest absolute Gasteiger partial charge is 0.433 e. The SMILES string of the molecule is CC1CC2(CC(C)C3(CCC4(C)C5=C(CCC43C)C3(C)CCC(OC4OC(COC6OCC(O)C(O)C6OC6OC(CO)C(O)C(OC7OC(CO)C(O)C(O)C7OC7OC(CO)C(O)C(O)C7O)C6OC6OC(C)C(O)C(O)C6O)C(O)C(O)C4O)C(C)(CO)C3CC5)O2)OC1=O. The zero-order valence-corrected chi connectivity index (χ0v) is 56.0. The summed E-state index contributed by atoms with van der Waals surface area (Å²) in [7, 11) is 0. The summed E-state index contributed by atoms with van der Waals surface area (Å²) >= 11 is 0. The number of aliphatic hydroxyl groups excluding tert-OH is 18. The lowest BCUT2D eigenvalue weighted by Gasteiger charge is -2.63. The highest BCUT2D eigenvalue weighted by molar-refractivity contribution is 5.74. The fourth-order valence-corrected chi connectivity index (χ4v) is 19.3. The van der Waals surface area contributed by atoms with Gasteiger partial charge in [-0.05, 0) is 81.0 Å². The van der Waals surface area contributed by atoms with Crippen molar-refractivity contribution in [2.75, 3.05) is 39.6 Å². The van der Waals surface area contributed by atoms with Crippen LogP contribution in [0.2, 0.25) is 0 Å². The van der Waals surface area contributed by atoms with Crippen LogP contribution in [0.25, 0.3) is 0 Å². The maximum absolute atomic E-state index is 12.8. The van der Waals surface area contributed by atoms with E-state index in [4.69, 9.17) is 66.3 Å². The van der Waals surface area contributed by atoms with Crippen molar-refractivity contribution in [2.24, 2.45) is 39.4 Å². The Bertz CT molecular complexity index is 2810. The molecule has 39 atom stereocenters. The zero-order valence-electron chi connectivity index (χ0n) is 56.0. The molecule has 33 nitrogen and oxygen atoms in total. The smallest absolute Gasteiger partial charge is 0.311 e. The molecule has 18 N–H and O–H groups in total. The van der Waals surface area contributed by atoms with Gasteiger partial charge in [0.1, 0.15) is 134 Å². The van der Waals surface area contributed by atoms with Crippen molar-refractivity contribution in [3.63, 3.8) is 0 Å². The molecule has 2 spiro atoms. The van der Waals surface area contributed by atoms with Gasteiger partial charge in [-0.25, -0.2) is 0 Å². The predicted octanol–water partition coefficient (Wildman–Crippen LogP) is -5.86. The number of carbonyl (C=O) groups is 1. The highest BCUT2D eigenvalue weighted by Crippen LogP contribution is 2.76. The maximum atomic E-state index is 12.8. The number of hydrogen-bond donors (Lipinski definition) is 18. The summed E-state index contributed by atoms with van der Waals surface area (Å²) in [5.74, 6) is -1.37. The number of aliphatic hydroxyl groups is 18. The minimum Gasteiger partial charge on any atom is -0.433 e. The lowest BCUT2D eigenvalue weighted by atomic mass is 9.42. The van der Waals surface area contributed by atoms with E-state index in [1.165, 1.54) is 18.1 Å². The Morgan fingerprint density at radius 2 is 1.01 bits per heavy atom. The Morgan fingerprint density at radius 1 is 0.480 bits per heavy atom. The Hall–Kier alpha value is -2.03. The van der Waals surface area contributed by atoms with Crippen LogP contribution in [0.5, 0.6) is 0 Å². The first-order chi connectivity index (χ1) is 46.2. The molecule has 4 aliphatic carbocycles. The summed E-state index contributed by atoms with van der Waals surface area (Å²) in [4.78, 5) is 12.8. The lowest BCUT2D eigenvalue weighted by molar-refractivity contribution is -0.414. The second kappa shape index (κ2) is 28.4. The second-order valence-electron chi connectivity index (χ2n) is 30.8. The number of allylic oxidation sites excluding steroid dienone is 2. The quantitative estimate of drug-likeness (QED) is 0.0476. The van der Waals surface area contributed by atoms with Crippen LogP contribution in [0.4, 0.5) is 0 Å². The van der Waals surface area contributed by atoms with Gasteiger partial charge in [0, 0.05) is 23.7 Å². The number of carbonyl (C=O) groups excluding carboxylic acids is 1. The van der Waals surface area contributed by atoms with E-state index in [1.54, 1.807) is 0 Å². The van der Waals surface area contributed by atoms with Gasteiger partial charge in [0.25, 0.3) is 0 Å². The van der Waals surface area contributed by atoms with Crippen LogP contribution in [0.3, 0.4) is 0 Å². The molecule has 0 bridgehead atoms. The maximum Gasteiger partial charge on any atom is 0.311 e. The first-order valence-electron chi connectivity index (χ1n) is 34.6. The Morgan fingerprint density at radius 3 is 1.63 bits per heavy atom. The van der Waals surface area contributed by atoms with E-state index in [1.807, 2.05) is 13.8 Å². The van der Waals surface area contributed by atoms with Crippen molar-refractivity contribution >= 4 is 5.97 Å². The van der Waals surface area contributed by atoms with E-state index in [-0.39, 0.29) is 46.6 Å². The number of fused-ring (bicyclic) bond motifs is 5. The first kappa shape index (κ1) is 75.6. The highest BCUT2D eigenvalue weighted by Gasteiger charge is 2.75. The third kappa shape index (κ3) is 12.4. The fourth-order valence-electron chi connectivity index (χ4n) is 19.3. The first-order valence-corrected chi connectivity index (χ1v) is 34.6. The summed E-state index contributed by atoms with van der Waals surface area (Å²) < 4.78 is 86.1. The van der Waals surface area contributed by atoms with Crippen LogP contribution >= 0.6 is 0 Å². The number of esters is 1. The molecule has 33 heteroatoms. The van der Waals surface area contributed by atoms with Crippen molar-refractivity contribution in [1.29, 1.82) is 0 Å². The number of hydrogen-bond acceptors (Lipinski definition) is 33. The van der Waals surface area contributed by atoms with Gasteiger partial charge in [-0.1, -0.05) is 52.7 Å². The number of ether oxygens (including phenoxy) is 14. The van der Waals surface area contributed by atoms with E-state index in [2.05, 4.69) is 27.7 Å². The monoisotopic (exact) mass is 1410 g/mol. The van der Waals surface area contributed by atoms with Crippen LogP contribution in [0.1, 0.15) is 113 Å². The normalized spacial score (nSPS) is 55.9. The minimum atomic E-state index is -2.16. The minimum absolute atomic E-state index is 0.126. The molecule has 0 aromatic heterocycles. The van der Waals surface area contributed by atoms with E-state index in [0.717, 1.165) is 32.1 Å². The third-order valence-corrected chi connectivity index (χ3v) is 25.3. The summed E-state index contributed by atoms with van der Waals surface area (Å²) in [5.41, 5.74) is 0.501. The van der Waals surface area contributed by atoms with Crippen LogP contribution < -0.4 is 0 Å². The van der Waals surface area contributed by atoms with Gasteiger partial charge < -0.3 is 158 Å². The van der Waals surface area contributed by atoms with Gasteiger partial charge in [0.05, 0.1) is 63.4 Å². The molecule has 0 aromatic carbocycles. The van der Waals surface area contributed by atoms with Crippen LogP contribution in [-0.2, 0) is 71.1 Å². The molecule has 8 aliphatic heterocycles. The molecule has 2 saturated carbocycles. The van der Waals surface area contributed by atoms with Crippen LogP contribution in [0.15, 0.2) is 11.1 Å². The fraction of sp³-hybridized carbons (Fsp3) is 0.954. The lowest BCUT2D eigenvalue weighted by Crippen LogP contribution is -2.69. The van der Waals surface area contributed by atoms with Gasteiger partial charge in [-0.2, -0.15) is 0 Å².